The van der Waals surface area contributed by atoms with Gasteiger partial charge < -0.3 is 20.3 Å². The maximum atomic E-state index is 11.6. The Bertz CT molecular complexity index is 538. The van der Waals surface area contributed by atoms with E-state index in [-0.39, 0.29) is 5.91 Å². The fourth-order valence-electron chi connectivity index (χ4n) is 5.61. The first-order valence-corrected chi connectivity index (χ1v) is 9.98. The molecule has 25 heavy (non-hydrogen) atoms. The molecule has 0 aromatic carbocycles. The molecule has 4 aliphatic rings. The van der Waals surface area contributed by atoms with Gasteiger partial charge in [0.2, 0.25) is 5.91 Å². The van der Waals surface area contributed by atoms with Gasteiger partial charge in [0, 0.05) is 57.6 Å². The molecule has 2 saturated heterocycles. The second-order valence-electron chi connectivity index (χ2n) is 8.31. The number of piperidine rings is 1. The average molecular weight is 348 g/mol. The molecule has 2 heterocycles. The molecule has 4 fully saturated rings. The van der Waals surface area contributed by atoms with Crippen LogP contribution in [0.2, 0.25) is 0 Å². The summed E-state index contributed by atoms with van der Waals surface area (Å²) >= 11 is 0. The number of hydrogen-bond acceptors (Lipinski definition) is 3. The number of carbonyl (C=O) groups is 1. The van der Waals surface area contributed by atoms with Crippen molar-refractivity contribution in [2.24, 2.45) is 22.2 Å². The van der Waals surface area contributed by atoms with Crippen LogP contribution in [0.15, 0.2) is 4.99 Å². The Morgan fingerprint density at radius 1 is 1.28 bits per heavy atom. The number of aliphatic imine (C=N–C) groups is 1. The zero-order valence-corrected chi connectivity index (χ0v) is 15.6. The highest BCUT2D eigenvalue weighted by Gasteiger charge is 2.66. The van der Waals surface area contributed by atoms with E-state index in [1.54, 1.807) is 7.05 Å². The highest BCUT2D eigenvalue weighted by atomic mass is 16.5. The van der Waals surface area contributed by atoms with Gasteiger partial charge >= 0.3 is 0 Å². The normalized spacial score (nSPS) is 34.2. The Morgan fingerprint density at radius 2 is 2.04 bits per heavy atom. The maximum Gasteiger partial charge on any atom is 0.220 e. The van der Waals surface area contributed by atoms with E-state index in [0.29, 0.717) is 35.8 Å². The van der Waals surface area contributed by atoms with Crippen molar-refractivity contribution in [3.63, 3.8) is 0 Å². The van der Waals surface area contributed by atoms with Gasteiger partial charge in [-0.3, -0.25) is 9.79 Å². The average Bonchev–Trinajstić information content (AvgIpc) is 3.00. The highest BCUT2D eigenvalue weighted by Crippen LogP contribution is 2.62. The predicted molar refractivity (Wildman–Crippen MR) is 97.4 cm³/mol. The summed E-state index contributed by atoms with van der Waals surface area (Å²) in [6, 6.07) is 0.538. The van der Waals surface area contributed by atoms with E-state index in [1.165, 1.54) is 25.7 Å². The summed E-state index contributed by atoms with van der Waals surface area (Å²) in [5.74, 6) is 2.39. The quantitative estimate of drug-likeness (QED) is 0.597. The highest BCUT2D eigenvalue weighted by molar-refractivity contribution is 5.81. The number of likely N-dealkylation sites (tertiary alicyclic amines) is 1. The maximum absolute atomic E-state index is 11.6. The SMILES string of the molecule is CN=C(NC1C2CCOC2C12CCC2)N1CCC(CC(=O)NC)CC1. The fraction of sp³-hybridized carbons (Fsp3) is 0.895. The molecule has 2 saturated carbocycles. The molecule has 2 aliphatic heterocycles. The number of carbonyl (C=O) groups excluding carboxylic acids is 1. The smallest absolute Gasteiger partial charge is 0.220 e. The lowest BCUT2D eigenvalue weighted by Crippen LogP contribution is -2.72. The monoisotopic (exact) mass is 348 g/mol. The van der Waals surface area contributed by atoms with Crippen molar-refractivity contribution < 1.29 is 9.53 Å². The lowest BCUT2D eigenvalue weighted by atomic mass is 9.46. The summed E-state index contributed by atoms with van der Waals surface area (Å²) in [6.07, 6.45) is 8.43. The molecule has 0 aromatic heterocycles. The van der Waals surface area contributed by atoms with E-state index in [4.69, 9.17) is 4.74 Å². The van der Waals surface area contributed by atoms with Crippen LogP contribution in [0.1, 0.15) is 44.9 Å². The number of guanidine groups is 1. The van der Waals surface area contributed by atoms with E-state index in [9.17, 15) is 4.79 Å². The third-order valence-corrected chi connectivity index (χ3v) is 7.20. The first-order valence-electron chi connectivity index (χ1n) is 9.98. The topological polar surface area (TPSA) is 66.0 Å². The van der Waals surface area contributed by atoms with Crippen LogP contribution in [0.4, 0.5) is 0 Å². The van der Waals surface area contributed by atoms with Crippen molar-refractivity contribution in [1.29, 1.82) is 0 Å². The predicted octanol–water partition coefficient (Wildman–Crippen LogP) is 1.37. The van der Waals surface area contributed by atoms with Crippen molar-refractivity contribution in [1.82, 2.24) is 15.5 Å². The van der Waals surface area contributed by atoms with Crippen LogP contribution in [-0.2, 0) is 9.53 Å². The summed E-state index contributed by atoms with van der Waals surface area (Å²) in [7, 11) is 3.62. The van der Waals surface area contributed by atoms with Crippen molar-refractivity contribution in [3.05, 3.63) is 0 Å². The van der Waals surface area contributed by atoms with Gasteiger partial charge in [-0.15, -0.1) is 0 Å². The molecule has 4 rings (SSSR count). The van der Waals surface area contributed by atoms with Gasteiger partial charge in [0.25, 0.3) is 0 Å². The van der Waals surface area contributed by atoms with E-state index < -0.39 is 0 Å². The molecule has 0 bridgehead atoms. The Hall–Kier alpha value is -1.30. The van der Waals surface area contributed by atoms with Crippen LogP contribution in [0.3, 0.4) is 0 Å². The molecule has 0 aromatic rings. The lowest BCUT2D eigenvalue weighted by Gasteiger charge is -2.63. The van der Waals surface area contributed by atoms with Gasteiger partial charge in [-0.1, -0.05) is 6.42 Å². The summed E-state index contributed by atoms with van der Waals surface area (Å²) in [4.78, 5) is 18.6. The van der Waals surface area contributed by atoms with Crippen molar-refractivity contribution in [2.75, 3.05) is 33.8 Å². The molecule has 1 spiro atoms. The summed E-state index contributed by atoms with van der Waals surface area (Å²) in [6.45, 7) is 2.91. The Labute approximate surface area is 150 Å². The van der Waals surface area contributed by atoms with Crippen LogP contribution < -0.4 is 10.6 Å². The third kappa shape index (κ3) is 2.82. The molecule has 2 N–H and O–H groups in total. The van der Waals surface area contributed by atoms with Crippen molar-refractivity contribution >= 4 is 11.9 Å². The minimum atomic E-state index is 0.162. The summed E-state index contributed by atoms with van der Waals surface area (Å²) in [5.41, 5.74) is 0.384. The molecule has 6 heteroatoms. The standard InChI is InChI=1S/C19H32N4O2/c1-20-15(24)12-13-4-9-23(10-5-13)18(21-2)22-16-14-6-11-25-17(14)19(16)7-3-8-19/h13-14,16-17H,3-12H2,1-2H3,(H,20,24)(H,21,22). The number of nitrogens with one attached hydrogen (secondary N) is 2. The van der Waals surface area contributed by atoms with E-state index >= 15 is 0 Å². The van der Waals surface area contributed by atoms with Crippen LogP contribution >= 0.6 is 0 Å². The third-order valence-electron chi connectivity index (χ3n) is 7.20. The number of nitrogens with zero attached hydrogens (tertiary/aromatic N) is 2. The molecular weight excluding hydrogens is 316 g/mol. The number of amides is 1. The van der Waals surface area contributed by atoms with Crippen LogP contribution in [0.25, 0.3) is 0 Å². The minimum absolute atomic E-state index is 0.162. The molecule has 3 unspecified atom stereocenters. The molecule has 0 radical (unpaired) electrons. The van der Waals surface area contributed by atoms with E-state index in [2.05, 4.69) is 20.5 Å². The van der Waals surface area contributed by atoms with E-state index in [0.717, 1.165) is 38.5 Å². The minimum Gasteiger partial charge on any atom is -0.377 e. The second-order valence-corrected chi connectivity index (χ2v) is 8.31. The Morgan fingerprint density at radius 3 is 2.64 bits per heavy atom. The molecule has 6 nitrogen and oxygen atoms in total. The Balaban J connectivity index is 1.34. The van der Waals surface area contributed by atoms with Crippen molar-refractivity contribution in [2.45, 2.75) is 57.1 Å². The van der Waals surface area contributed by atoms with Crippen LogP contribution in [0, 0.1) is 17.3 Å². The molecule has 140 valence electrons. The summed E-state index contributed by atoms with van der Waals surface area (Å²) < 4.78 is 6.03. The molecule has 1 amide bonds. The number of fused-ring (bicyclic) bond motifs is 2. The number of hydrogen-bond donors (Lipinski definition) is 2. The lowest BCUT2D eigenvalue weighted by molar-refractivity contribution is -0.171. The number of rotatable bonds is 3. The van der Waals surface area contributed by atoms with Crippen LogP contribution in [0.5, 0.6) is 0 Å². The van der Waals surface area contributed by atoms with Gasteiger partial charge in [0.05, 0.1) is 6.10 Å². The first kappa shape index (κ1) is 17.1. The van der Waals surface area contributed by atoms with Gasteiger partial charge in [-0.2, -0.15) is 0 Å². The second kappa shape index (κ2) is 6.78. The first-order chi connectivity index (χ1) is 12.2. The molecular formula is C19H32N4O2. The zero-order valence-electron chi connectivity index (χ0n) is 15.6. The Kier molecular flexibility index (Phi) is 4.65. The van der Waals surface area contributed by atoms with Gasteiger partial charge in [0.15, 0.2) is 5.96 Å². The van der Waals surface area contributed by atoms with Crippen molar-refractivity contribution in [3.8, 4) is 0 Å². The van der Waals surface area contributed by atoms with Gasteiger partial charge in [-0.05, 0) is 38.0 Å². The van der Waals surface area contributed by atoms with Gasteiger partial charge in [-0.25, -0.2) is 0 Å². The van der Waals surface area contributed by atoms with Crippen LogP contribution in [-0.4, -0.2) is 62.7 Å². The summed E-state index contributed by atoms with van der Waals surface area (Å²) in [5, 5.41) is 6.56. The largest absolute Gasteiger partial charge is 0.377 e. The van der Waals surface area contributed by atoms with E-state index in [1.807, 2.05) is 7.05 Å². The van der Waals surface area contributed by atoms with Gasteiger partial charge in [0.1, 0.15) is 0 Å². The zero-order chi connectivity index (χ0) is 17.4. The number of ether oxygens (including phenoxy) is 1. The molecule has 3 atom stereocenters. The fourth-order valence-corrected chi connectivity index (χ4v) is 5.61. The molecule has 2 aliphatic carbocycles.